The molecule has 0 spiro atoms. The molecule has 2 aromatic carbocycles. The molecule has 27 heavy (non-hydrogen) atoms. The summed E-state index contributed by atoms with van der Waals surface area (Å²) in [5.74, 6) is -1.07. The highest BCUT2D eigenvalue weighted by molar-refractivity contribution is 7.99. The number of carbonyl (C=O) groups excluding carboxylic acids is 3. The molecule has 0 atom stereocenters. The van der Waals surface area contributed by atoms with Crippen molar-refractivity contribution in [1.29, 1.82) is 0 Å². The number of anilines is 1. The molecule has 0 radical (unpaired) electrons. The first-order chi connectivity index (χ1) is 13.0. The van der Waals surface area contributed by atoms with E-state index in [2.05, 4.69) is 10.6 Å². The van der Waals surface area contributed by atoms with Crippen LogP contribution in [-0.4, -0.2) is 30.1 Å². The second kappa shape index (κ2) is 8.68. The molecule has 0 bridgehead atoms. The van der Waals surface area contributed by atoms with Gasteiger partial charge in [0.25, 0.3) is 5.91 Å². The molecular formula is C19H17FN2O4S. The molecule has 1 aliphatic heterocycles. The van der Waals surface area contributed by atoms with Gasteiger partial charge in [0.05, 0.1) is 11.3 Å². The van der Waals surface area contributed by atoms with Crippen LogP contribution in [0.4, 0.5) is 10.1 Å². The van der Waals surface area contributed by atoms with Crippen LogP contribution >= 0.6 is 11.8 Å². The van der Waals surface area contributed by atoms with Gasteiger partial charge in [-0.25, -0.2) is 9.18 Å². The number of thioether (sulfide) groups is 1. The Kier molecular flexibility index (Phi) is 6.08. The van der Waals surface area contributed by atoms with E-state index in [-0.39, 0.29) is 18.0 Å². The number of nitrogens with one attached hydrogen (secondary N) is 2. The van der Waals surface area contributed by atoms with Crippen LogP contribution < -0.4 is 10.6 Å². The van der Waals surface area contributed by atoms with Crippen LogP contribution in [0.1, 0.15) is 22.3 Å². The SMILES string of the molecule is O=C(COC(=O)c1ccc2c(c1)NC(=O)CCS2)NCc1ccccc1F. The van der Waals surface area contributed by atoms with Gasteiger partial charge < -0.3 is 15.4 Å². The Morgan fingerprint density at radius 3 is 2.85 bits per heavy atom. The minimum Gasteiger partial charge on any atom is -0.452 e. The van der Waals surface area contributed by atoms with Crippen molar-refractivity contribution in [2.45, 2.75) is 17.9 Å². The average molecular weight is 388 g/mol. The Hall–Kier alpha value is -2.87. The maximum atomic E-state index is 13.5. The molecule has 2 aromatic rings. The van der Waals surface area contributed by atoms with Crippen LogP contribution in [0.3, 0.4) is 0 Å². The number of rotatable bonds is 5. The van der Waals surface area contributed by atoms with E-state index in [1.165, 1.54) is 23.9 Å². The summed E-state index contributed by atoms with van der Waals surface area (Å²) in [7, 11) is 0. The van der Waals surface area contributed by atoms with Crippen LogP contribution in [0.15, 0.2) is 47.4 Å². The van der Waals surface area contributed by atoms with Crippen molar-refractivity contribution >= 4 is 35.2 Å². The molecule has 2 amide bonds. The van der Waals surface area contributed by atoms with Crippen molar-refractivity contribution in [3.63, 3.8) is 0 Å². The summed E-state index contributed by atoms with van der Waals surface area (Å²) in [5, 5.41) is 5.24. The van der Waals surface area contributed by atoms with Crippen molar-refractivity contribution in [2.75, 3.05) is 17.7 Å². The standard InChI is InChI=1S/C19H17FN2O4S/c20-14-4-2-1-3-13(14)10-21-18(24)11-26-19(25)12-5-6-16-15(9-12)22-17(23)7-8-27-16/h1-6,9H,7-8,10-11H2,(H,21,24)(H,22,23). The smallest absolute Gasteiger partial charge is 0.338 e. The highest BCUT2D eigenvalue weighted by Gasteiger charge is 2.17. The summed E-state index contributed by atoms with van der Waals surface area (Å²) in [6.07, 6.45) is 0.404. The third-order valence-electron chi connectivity index (χ3n) is 3.84. The molecule has 8 heteroatoms. The minimum atomic E-state index is -0.678. The normalized spacial score (nSPS) is 13.1. The first-order valence-corrected chi connectivity index (χ1v) is 9.25. The van der Waals surface area contributed by atoms with E-state index in [1.54, 1.807) is 30.3 Å². The van der Waals surface area contributed by atoms with Crippen molar-refractivity contribution in [3.05, 3.63) is 59.4 Å². The molecule has 0 aromatic heterocycles. The predicted octanol–water partition coefficient (Wildman–Crippen LogP) is 2.73. The Bertz CT molecular complexity index is 888. The highest BCUT2D eigenvalue weighted by atomic mass is 32.2. The predicted molar refractivity (Wildman–Crippen MR) is 98.9 cm³/mol. The Morgan fingerprint density at radius 2 is 2.04 bits per heavy atom. The molecular weight excluding hydrogens is 371 g/mol. The van der Waals surface area contributed by atoms with Gasteiger partial charge in [-0.05, 0) is 24.3 Å². The van der Waals surface area contributed by atoms with Gasteiger partial charge in [-0.15, -0.1) is 11.8 Å². The fraction of sp³-hybridized carbons (Fsp3) is 0.211. The third kappa shape index (κ3) is 5.07. The number of amides is 2. The number of fused-ring (bicyclic) bond motifs is 1. The van der Waals surface area contributed by atoms with E-state index >= 15 is 0 Å². The second-order valence-corrected chi connectivity index (χ2v) is 6.94. The van der Waals surface area contributed by atoms with Crippen LogP contribution in [0.25, 0.3) is 0 Å². The number of ether oxygens (including phenoxy) is 1. The maximum absolute atomic E-state index is 13.5. The third-order valence-corrected chi connectivity index (χ3v) is 4.92. The van der Waals surface area contributed by atoms with Gasteiger partial charge in [-0.2, -0.15) is 0 Å². The Balaban J connectivity index is 1.54. The summed E-state index contributed by atoms with van der Waals surface area (Å²) < 4.78 is 18.5. The molecule has 2 N–H and O–H groups in total. The van der Waals surface area contributed by atoms with Gasteiger partial charge in [0.1, 0.15) is 5.82 Å². The topological polar surface area (TPSA) is 84.5 Å². The summed E-state index contributed by atoms with van der Waals surface area (Å²) >= 11 is 1.53. The van der Waals surface area contributed by atoms with Crippen LogP contribution in [0.5, 0.6) is 0 Å². The first kappa shape index (κ1) is 18.9. The van der Waals surface area contributed by atoms with E-state index in [0.717, 1.165) is 4.90 Å². The lowest BCUT2D eigenvalue weighted by Crippen LogP contribution is -2.28. The second-order valence-electron chi connectivity index (χ2n) is 5.80. The van der Waals surface area contributed by atoms with Crippen molar-refractivity contribution in [1.82, 2.24) is 5.32 Å². The van der Waals surface area contributed by atoms with E-state index in [9.17, 15) is 18.8 Å². The largest absolute Gasteiger partial charge is 0.452 e. The number of esters is 1. The minimum absolute atomic E-state index is 0.00512. The molecule has 0 saturated heterocycles. The van der Waals surface area contributed by atoms with Crippen molar-refractivity contribution < 1.29 is 23.5 Å². The van der Waals surface area contributed by atoms with E-state index in [1.807, 2.05) is 0 Å². The van der Waals surface area contributed by atoms with E-state index < -0.39 is 24.3 Å². The zero-order chi connectivity index (χ0) is 19.2. The maximum Gasteiger partial charge on any atom is 0.338 e. The lowest BCUT2D eigenvalue weighted by Gasteiger charge is -2.10. The number of benzene rings is 2. The monoisotopic (exact) mass is 388 g/mol. The zero-order valence-corrected chi connectivity index (χ0v) is 15.1. The van der Waals surface area contributed by atoms with Gasteiger partial charge in [-0.1, -0.05) is 18.2 Å². The zero-order valence-electron chi connectivity index (χ0n) is 14.3. The molecule has 140 valence electrons. The van der Waals surface area contributed by atoms with Crippen LogP contribution in [0.2, 0.25) is 0 Å². The Labute approximate surface area is 159 Å². The van der Waals surface area contributed by atoms with Crippen LogP contribution in [-0.2, 0) is 20.9 Å². The number of halogens is 1. The molecule has 0 aliphatic carbocycles. The summed E-state index contributed by atoms with van der Waals surface area (Å²) in [6.45, 7) is -0.476. The lowest BCUT2D eigenvalue weighted by molar-refractivity contribution is -0.124. The molecule has 6 nitrogen and oxygen atoms in total. The van der Waals surface area contributed by atoms with Crippen molar-refractivity contribution in [2.24, 2.45) is 0 Å². The fourth-order valence-electron chi connectivity index (χ4n) is 2.45. The number of hydrogen-bond donors (Lipinski definition) is 2. The van der Waals surface area contributed by atoms with Crippen molar-refractivity contribution in [3.8, 4) is 0 Å². The summed E-state index contributed by atoms with van der Waals surface area (Å²) in [5.41, 5.74) is 1.13. The molecule has 0 saturated carbocycles. The van der Waals surface area contributed by atoms with Gasteiger partial charge in [0, 0.05) is 29.2 Å². The summed E-state index contributed by atoms with van der Waals surface area (Å²) in [6, 6.07) is 10.9. The molecule has 1 aliphatic rings. The fourth-order valence-corrected chi connectivity index (χ4v) is 3.39. The first-order valence-electron chi connectivity index (χ1n) is 8.27. The van der Waals surface area contributed by atoms with Crippen LogP contribution in [0, 0.1) is 5.82 Å². The molecule has 0 fully saturated rings. The molecule has 1 heterocycles. The average Bonchev–Trinajstić information content (AvgIpc) is 2.85. The number of carbonyl (C=O) groups is 3. The lowest BCUT2D eigenvalue weighted by atomic mass is 10.2. The molecule has 3 rings (SSSR count). The van der Waals surface area contributed by atoms with E-state index in [0.29, 0.717) is 23.4 Å². The quantitative estimate of drug-likeness (QED) is 0.770. The van der Waals surface area contributed by atoms with E-state index in [4.69, 9.17) is 4.74 Å². The van der Waals surface area contributed by atoms with Gasteiger partial charge >= 0.3 is 5.97 Å². The highest BCUT2D eigenvalue weighted by Crippen LogP contribution is 2.31. The Morgan fingerprint density at radius 1 is 1.22 bits per heavy atom. The van der Waals surface area contributed by atoms with Gasteiger partial charge in [0.15, 0.2) is 6.61 Å². The van der Waals surface area contributed by atoms with Gasteiger partial charge in [0.2, 0.25) is 5.91 Å². The number of hydrogen-bond acceptors (Lipinski definition) is 5. The molecule has 0 unspecified atom stereocenters. The summed E-state index contributed by atoms with van der Waals surface area (Å²) in [4.78, 5) is 36.5. The van der Waals surface area contributed by atoms with Gasteiger partial charge in [-0.3, -0.25) is 9.59 Å².